The van der Waals surface area contributed by atoms with E-state index in [2.05, 4.69) is 10.5 Å². The van der Waals surface area contributed by atoms with Crippen molar-refractivity contribution < 1.29 is 19.1 Å². The number of hydrogen-bond donors (Lipinski definition) is 1. The Kier molecular flexibility index (Phi) is 7.44. The van der Waals surface area contributed by atoms with Crippen molar-refractivity contribution in [1.29, 1.82) is 0 Å². The number of halogens is 2. The average Bonchev–Trinajstić information content (AvgIpc) is 2.62. The average molecular weight is 395 g/mol. The summed E-state index contributed by atoms with van der Waals surface area (Å²) in [6.45, 7) is 1.81. The molecule has 0 aliphatic heterocycles. The Morgan fingerprint density at radius 1 is 1.15 bits per heavy atom. The van der Waals surface area contributed by atoms with Crippen LogP contribution in [0.2, 0.25) is 10.0 Å². The lowest BCUT2D eigenvalue weighted by molar-refractivity contribution is -0.123. The standard InChI is InChI=1S/C18H16Cl2N2O4/c1-2-25-18(24)12-4-7-15(8-5-12)26-11-17(23)22-21-10-13-3-6-14(19)9-16(13)20/h3-10H,2,11H2,1H3,(H,22,23). The van der Waals surface area contributed by atoms with E-state index < -0.39 is 11.9 Å². The molecule has 0 saturated heterocycles. The summed E-state index contributed by atoms with van der Waals surface area (Å²) in [6.07, 6.45) is 1.41. The van der Waals surface area contributed by atoms with Crippen molar-refractivity contribution in [2.75, 3.05) is 13.2 Å². The molecule has 0 radical (unpaired) electrons. The second kappa shape index (κ2) is 9.79. The molecule has 0 spiro atoms. The molecule has 2 rings (SSSR count). The van der Waals surface area contributed by atoms with Crippen LogP contribution < -0.4 is 10.2 Å². The molecule has 0 bridgehead atoms. The molecule has 0 aliphatic rings. The van der Waals surface area contributed by atoms with Crippen molar-refractivity contribution in [3.63, 3.8) is 0 Å². The fourth-order valence-corrected chi connectivity index (χ4v) is 2.32. The van der Waals surface area contributed by atoms with Gasteiger partial charge in [0.15, 0.2) is 6.61 Å². The number of hydrogen-bond acceptors (Lipinski definition) is 5. The van der Waals surface area contributed by atoms with E-state index in [0.29, 0.717) is 33.5 Å². The van der Waals surface area contributed by atoms with Gasteiger partial charge in [0.1, 0.15) is 5.75 Å². The maximum atomic E-state index is 11.7. The third-order valence-corrected chi connectivity index (χ3v) is 3.65. The van der Waals surface area contributed by atoms with Crippen molar-refractivity contribution >= 4 is 41.3 Å². The Morgan fingerprint density at radius 3 is 2.54 bits per heavy atom. The number of esters is 1. The summed E-state index contributed by atoms with van der Waals surface area (Å²) in [7, 11) is 0. The lowest BCUT2D eigenvalue weighted by Gasteiger charge is -2.06. The molecule has 1 amide bonds. The van der Waals surface area contributed by atoms with Crippen molar-refractivity contribution in [1.82, 2.24) is 5.43 Å². The van der Waals surface area contributed by atoms with Gasteiger partial charge in [-0.3, -0.25) is 4.79 Å². The van der Waals surface area contributed by atoms with Crippen LogP contribution in [-0.2, 0) is 9.53 Å². The molecule has 0 unspecified atom stereocenters. The molecule has 0 aliphatic carbocycles. The van der Waals surface area contributed by atoms with Gasteiger partial charge in [0.2, 0.25) is 0 Å². The highest BCUT2D eigenvalue weighted by atomic mass is 35.5. The van der Waals surface area contributed by atoms with Crippen LogP contribution in [0.15, 0.2) is 47.6 Å². The van der Waals surface area contributed by atoms with Gasteiger partial charge in [-0.25, -0.2) is 10.2 Å². The first-order valence-corrected chi connectivity index (χ1v) is 8.42. The van der Waals surface area contributed by atoms with Crippen LogP contribution in [0.25, 0.3) is 0 Å². The van der Waals surface area contributed by atoms with Crippen molar-refractivity contribution in [2.24, 2.45) is 5.10 Å². The van der Waals surface area contributed by atoms with Crippen LogP contribution in [0.3, 0.4) is 0 Å². The lowest BCUT2D eigenvalue weighted by atomic mass is 10.2. The summed E-state index contributed by atoms with van der Waals surface area (Å²) >= 11 is 11.8. The first kappa shape index (κ1) is 19.8. The third kappa shape index (κ3) is 6.06. The summed E-state index contributed by atoms with van der Waals surface area (Å²) in [4.78, 5) is 23.3. The molecule has 1 N–H and O–H groups in total. The second-order valence-electron chi connectivity index (χ2n) is 4.99. The molecule has 0 heterocycles. The monoisotopic (exact) mass is 394 g/mol. The van der Waals surface area contributed by atoms with E-state index in [1.165, 1.54) is 6.21 Å². The van der Waals surface area contributed by atoms with Crippen LogP contribution in [0, 0.1) is 0 Å². The Bertz CT molecular complexity index is 807. The van der Waals surface area contributed by atoms with Gasteiger partial charge in [-0.1, -0.05) is 29.3 Å². The molecule has 0 aromatic heterocycles. The van der Waals surface area contributed by atoms with Crippen LogP contribution in [0.5, 0.6) is 5.75 Å². The Labute approximate surface area is 160 Å². The van der Waals surface area contributed by atoms with Gasteiger partial charge in [-0.05, 0) is 43.3 Å². The number of amides is 1. The topological polar surface area (TPSA) is 77.0 Å². The highest BCUT2D eigenvalue weighted by molar-refractivity contribution is 6.36. The largest absolute Gasteiger partial charge is 0.484 e. The number of carbonyl (C=O) groups is 2. The highest BCUT2D eigenvalue weighted by Crippen LogP contribution is 2.19. The lowest BCUT2D eigenvalue weighted by Crippen LogP contribution is -2.24. The molecule has 136 valence electrons. The smallest absolute Gasteiger partial charge is 0.338 e. The van der Waals surface area contributed by atoms with Crippen molar-refractivity contribution in [2.45, 2.75) is 6.92 Å². The van der Waals surface area contributed by atoms with E-state index in [4.69, 9.17) is 32.7 Å². The van der Waals surface area contributed by atoms with E-state index >= 15 is 0 Å². The van der Waals surface area contributed by atoms with E-state index in [1.54, 1.807) is 49.4 Å². The molecule has 0 fully saturated rings. The van der Waals surface area contributed by atoms with Crippen LogP contribution >= 0.6 is 23.2 Å². The molecule has 0 saturated carbocycles. The van der Waals surface area contributed by atoms with E-state index in [-0.39, 0.29) is 6.61 Å². The van der Waals surface area contributed by atoms with Gasteiger partial charge >= 0.3 is 5.97 Å². The predicted molar refractivity (Wildman–Crippen MR) is 100 cm³/mol. The van der Waals surface area contributed by atoms with E-state index in [0.717, 1.165) is 0 Å². The summed E-state index contributed by atoms with van der Waals surface area (Å²) in [5.74, 6) is -0.411. The third-order valence-electron chi connectivity index (χ3n) is 3.09. The summed E-state index contributed by atoms with van der Waals surface area (Å²) in [6, 6.07) is 11.2. The van der Waals surface area contributed by atoms with Crippen LogP contribution in [0.4, 0.5) is 0 Å². The van der Waals surface area contributed by atoms with Crippen molar-refractivity contribution in [3.8, 4) is 5.75 Å². The van der Waals surface area contributed by atoms with Gasteiger partial charge in [-0.15, -0.1) is 0 Å². The maximum absolute atomic E-state index is 11.7. The SMILES string of the molecule is CCOC(=O)c1ccc(OCC(=O)NN=Cc2ccc(Cl)cc2Cl)cc1. The highest BCUT2D eigenvalue weighted by Gasteiger charge is 2.07. The van der Waals surface area contributed by atoms with Gasteiger partial charge in [0.05, 0.1) is 23.4 Å². The summed E-state index contributed by atoms with van der Waals surface area (Å²) in [5, 5.41) is 4.75. The molecular formula is C18H16Cl2N2O4. The minimum absolute atomic E-state index is 0.232. The molecule has 6 nitrogen and oxygen atoms in total. The Hall–Kier alpha value is -2.57. The maximum Gasteiger partial charge on any atom is 0.338 e. The first-order valence-electron chi connectivity index (χ1n) is 7.66. The van der Waals surface area contributed by atoms with Gasteiger partial charge in [-0.2, -0.15) is 5.10 Å². The normalized spacial score (nSPS) is 10.6. The first-order chi connectivity index (χ1) is 12.5. The van der Waals surface area contributed by atoms with Crippen LogP contribution in [-0.4, -0.2) is 31.3 Å². The Morgan fingerprint density at radius 2 is 1.88 bits per heavy atom. The van der Waals surface area contributed by atoms with E-state index in [9.17, 15) is 9.59 Å². The fraction of sp³-hybridized carbons (Fsp3) is 0.167. The minimum atomic E-state index is -0.444. The molecule has 2 aromatic carbocycles. The molecular weight excluding hydrogens is 379 g/mol. The number of nitrogens with zero attached hydrogens (tertiary/aromatic N) is 1. The van der Waals surface area contributed by atoms with Crippen molar-refractivity contribution in [3.05, 3.63) is 63.6 Å². The number of nitrogens with one attached hydrogen (secondary N) is 1. The number of ether oxygens (including phenoxy) is 2. The minimum Gasteiger partial charge on any atom is -0.484 e. The number of hydrazone groups is 1. The molecule has 8 heteroatoms. The Balaban J connectivity index is 1.81. The van der Waals surface area contributed by atoms with E-state index in [1.807, 2.05) is 0 Å². The zero-order valence-electron chi connectivity index (χ0n) is 13.9. The molecule has 26 heavy (non-hydrogen) atoms. The number of benzene rings is 2. The van der Waals surface area contributed by atoms with Gasteiger partial charge < -0.3 is 9.47 Å². The molecule has 0 atom stereocenters. The molecule has 2 aromatic rings. The zero-order chi connectivity index (χ0) is 18.9. The van der Waals surface area contributed by atoms with Crippen LogP contribution in [0.1, 0.15) is 22.8 Å². The van der Waals surface area contributed by atoms with Gasteiger partial charge in [0.25, 0.3) is 5.91 Å². The fourth-order valence-electron chi connectivity index (χ4n) is 1.86. The quantitative estimate of drug-likeness (QED) is 0.441. The van der Waals surface area contributed by atoms with Gasteiger partial charge in [0, 0.05) is 10.6 Å². The number of rotatable bonds is 7. The summed E-state index contributed by atoms with van der Waals surface area (Å²) in [5.41, 5.74) is 3.36. The predicted octanol–water partition coefficient (Wildman–Crippen LogP) is 3.70. The second-order valence-corrected chi connectivity index (χ2v) is 5.84. The zero-order valence-corrected chi connectivity index (χ0v) is 15.4. The number of carbonyl (C=O) groups excluding carboxylic acids is 2. The summed E-state index contributed by atoms with van der Waals surface area (Å²) < 4.78 is 10.2.